The highest BCUT2D eigenvalue weighted by atomic mass is 16.5. The highest BCUT2D eigenvalue weighted by molar-refractivity contribution is 5.79. The number of hydrogen-bond donors (Lipinski definition) is 0. The lowest BCUT2D eigenvalue weighted by molar-refractivity contribution is -0.125. The molecule has 0 aromatic rings. The summed E-state index contributed by atoms with van der Waals surface area (Å²) in [7, 11) is 3.51. The zero-order chi connectivity index (χ0) is 9.14. The second-order valence-corrected chi connectivity index (χ2v) is 3.29. The van der Waals surface area contributed by atoms with Crippen LogP contribution in [0.4, 0.5) is 0 Å². The van der Waals surface area contributed by atoms with E-state index in [1.54, 1.807) is 12.0 Å². The molecule has 4 heteroatoms. The summed E-state index contributed by atoms with van der Waals surface area (Å²) < 4.78 is 5.11. The van der Waals surface area contributed by atoms with Crippen molar-refractivity contribution in [2.75, 3.05) is 33.9 Å². The third kappa shape index (κ3) is 2.19. The number of amides is 1. The summed E-state index contributed by atoms with van der Waals surface area (Å²) in [6, 6.07) is 0. The van der Waals surface area contributed by atoms with Gasteiger partial charge in [0.2, 0.25) is 5.91 Å². The van der Waals surface area contributed by atoms with Crippen LogP contribution in [0.15, 0.2) is 0 Å². The van der Waals surface area contributed by atoms with Gasteiger partial charge in [-0.2, -0.15) is 0 Å². The molecule has 4 nitrogen and oxygen atoms in total. The Morgan fingerprint density at radius 1 is 1.67 bits per heavy atom. The van der Waals surface area contributed by atoms with Crippen molar-refractivity contribution in [1.29, 1.82) is 0 Å². The SMILES string of the molecule is COC(C)CN1CC(=O)N(C)C1. The molecule has 12 heavy (non-hydrogen) atoms. The first-order valence-electron chi connectivity index (χ1n) is 4.12. The van der Waals surface area contributed by atoms with Crippen molar-refractivity contribution in [2.24, 2.45) is 0 Å². The Hall–Kier alpha value is -0.610. The van der Waals surface area contributed by atoms with Crippen molar-refractivity contribution in [3.05, 3.63) is 0 Å². The van der Waals surface area contributed by atoms with E-state index in [0.717, 1.165) is 13.2 Å². The Morgan fingerprint density at radius 3 is 2.75 bits per heavy atom. The molecule has 0 aromatic heterocycles. The molecule has 70 valence electrons. The minimum Gasteiger partial charge on any atom is -0.380 e. The fraction of sp³-hybridized carbons (Fsp3) is 0.875. The predicted molar refractivity (Wildman–Crippen MR) is 45.7 cm³/mol. The summed E-state index contributed by atoms with van der Waals surface area (Å²) in [5.41, 5.74) is 0. The Kier molecular flexibility index (Phi) is 3.05. The van der Waals surface area contributed by atoms with Gasteiger partial charge in [-0.05, 0) is 6.92 Å². The van der Waals surface area contributed by atoms with E-state index in [0.29, 0.717) is 6.54 Å². The van der Waals surface area contributed by atoms with Crippen LogP contribution in [0.5, 0.6) is 0 Å². The fourth-order valence-electron chi connectivity index (χ4n) is 1.30. The fourth-order valence-corrected chi connectivity index (χ4v) is 1.30. The Balaban J connectivity index is 2.32. The number of carbonyl (C=O) groups is 1. The van der Waals surface area contributed by atoms with Gasteiger partial charge in [-0.1, -0.05) is 0 Å². The van der Waals surface area contributed by atoms with Gasteiger partial charge in [0.15, 0.2) is 0 Å². The molecule has 1 unspecified atom stereocenters. The molecule has 0 bridgehead atoms. The molecule has 1 aliphatic heterocycles. The van der Waals surface area contributed by atoms with Crippen LogP contribution in [0, 0.1) is 0 Å². The molecule has 0 N–H and O–H groups in total. The van der Waals surface area contributed by atoms with E-state index in [9.17, 15) is 4.79 Å². The number of carbonyl (C=O) groups excluding carboxylic acids is 1. The Labute approximate surface area is 73.1 Å². The molecule has 1 atom stereocenters. The number of rotatable bonds is 3. The van der Waals surface area contributed by atoms with Gasteiger partial charge in [0.05, 0.1) is 19.3 Å². The maximum absolute atomic E-state index is 11.1. The standard InChI is InChI=1S/C8H16N2O2/c1-7(12-3)4-10-5-8(11)9(2)6-10/h7H,4-6H2,1-3H3. The summed E-state index contributed by atoms with van der Waals surface area (Å²) in [4.78, 5) is 14.9. The summed E-state index contributed by atoms with van der Waals surface area (Å²) in [6.07, 6.45) is 0.198. The van der Waals surface area contributed by atoms with Crippen LogP contribution >= 0.6 is 0 Å². The summed E-state index contributed by atoms with van der Waals surface area (Å²) in [5, 5.41) is 0. The van der Waals surface area contributed by atoms with E-state index in [1.807, 2.05) is 14.0 Å². The molecule has 0 saturated carbocycles. The van der Waals surface area contributed by atoms with Gasteiger partial charge in [0.25, 0.3) is 0 Å². The maximum Gasteiger partial charge on any atom is 0.237 e. The van der Waals surface area contributed by atoms with Gasteiger partial charge in [-0.15, -0.1) is 0 Å². The van der Waals surface area contributed by atoms with Gasteiger partial charge in [0, 0.05) is 20.7 Å². The van der Waals surface area contributed by atoms with Crippen LogP contribution in [0.3, 0.4) is 0 Å². The number of ether oxygens (including phenoxy) is 1. The van der Waals surface area contributed by atoms with E-state index >= 15 is 0 Å². The summed E-state index contributed by atoms with van der Waals surface area (Å²) in [5.74, 6) is 0.193. The lowest BCUT2D eigenvalue weighted by Crippen LogP contribution is -2.31. The quantitative estimate of drug-likeness (QED) is 0.588. The van der Waals surface area contributed by atoms with E-state index < -0.39 is 0 Å². The van der Waals surface area contributed by atoms with Crippen LogP contribution in [0.1, 0.15) is 6.92 Å². The largest absolute Gasteiger partial charge is 0.380 e. The van der Waals surface area contributed by atoms with Crippen LogP contribution < -0.4 is 0 Å². The first-order valence-corrected chi connectivity index (χ1v) is 4.12. The van der Waals surface area contributed by atoms with E-state index in [4.69, 9.17) is 4.74 Å². The van der Waals surface area contributed by atoms with Crippen LogP contribution in [0.25, 0.3) is 0 Å². The van der Waals surface area contributed by atoms with Crippen LogP contribution in [0.2, 0.25) is 0 Å². The molecule has 0 aromatic carbocycles. The highest BCUT2D eigenvalue weighted by Crippen LogP contribution is 2.05. The molecule has 1 heterocycles. The first-order chi connectivity index (χ1) is 5.63. The number of methoxy groups -OCH3 is 1. The number of hydrogen-bond acceptors (Lipinski definition) is 3. The average Bonchev–Trinajstić information content (AvgIpc) is 2.31. The molecule has 1 fully saturated rings. The third-order valence-electron chi connectivity index (χ3n) is 2.11. The smallest absolute Gasteiger partial charge is 0.237 e. The lowest BCUT2D eigenvalue weighted by atomic mass is 10.4. The minimum absolute atomic E-state index is 0.193. The molecule has 0 aliphatic carbocycles. The molecule has 1 rings (SSSR count). The molecule has 1 amide bonds. The topological polar surface area (TPSA) is 32.8 Å². The van der Waals surface area contributed by atoms with Crippen molar-refractivity contribution >= 4 is 5.91 Å². The zero-order valence-corrected chi connectivity index (χ0v) is 7.91. The molecule has 1 saturated heterocycles. The Bertz CT molecular complexity index is 172. The van der Waals surface area contributed by atoms with Crippen molar-refractivity contribution in [1.82, 2.24) is 9.80 Å². The van der Waals surface area contributed by atoms with Gasteiger partial charge < -0.3 is 9.64 Å². The number of nitrogens with zero attached hydrogens (tertiary/aromatic N) is 2. The van der Waals surface area contributed by atoms with E-state index in [-0.39, 0.29) is 12.0 Å². The second-order valence-electron chi connectivity index (χ2n) is 3.29. The van der Waals surface area contributed by atoms with Gasteiger partial charge >= 0.3 is 0 Å². The van der Waals surface area contributed by atoms with Gasteiger partial charge in [0.1, 0.15) is 0 Å². The minimum atomic E-state index is 0.193. The van der Waals surface area contributed by atoms with Crippen molar-refractivity contribution in [3.63, 3.8) is 0 Å². The molecule has 0 radical (unpaired) electrons. The normalized spacial score (nSPS) is 21.9. The first kappa shape index (κ1) is 9.48. The lowest BCUT2D eigenvalue weighted by Gasteiger charge is -2.18. The third-order valence-corrected chi connectivity index (χ3v) is 2.11. The van der Waals surface area contributed by atoms with Crippen molar-refractivity contribution < 1.29 is 9.53 Å². The molecular formula is C8H16N2O2. The van der Waals surface area contributed by atoms with E-state index in [2.05, 4.69) is 4.90 Å². The van der Waals surface area contributed by atoms with Gasteiger partial charge in [-0.3, -0.25) is 9.69 Å². The maximum atomic E-state index is 11.1. The highest BCUT2D eigenvalue weighted by Gasteiger charge is 2.24. The molecule has 1 aliphatic rings. The van der Waals surface area contributed by atoms with E-state index in [1.165, 1.54) is 0 Å². The number of likely N-dealkylation sites (N-methyl/N-ethyl adjacent to an activating group) is 1. The van der Waals surface area contributed by atoms with Crippen molar-refractivity contribution in [3.8, 4) is 0 Å². The monoisotopic (exact) mass is 172 g/mol. The molecular weight excluding hydrogens is 156 g/mol. The van der Waals surface area contributed by atoms with Crippen LogP contribution in [-0.4, -0.2) is 55.7 Å². The molecule has 0 spiro atoms. The average molecular weight is 172 g/mol. The zero-order valence-electron chi connectivity index (χ0n) is 7.91. The van der Waals surface area contributed by atoms with Crippen molar-refractivity contribution in [2.45, 2.75) is 13.0 Å². The summed E-state index contributed by atoms with van der Waals surface area (Å²) in [6.45, 7) is 4.09. The Morgan fingerprint density at radius 2 is 2.33 bits per heavy atom. The summed E-state index contributed by atoms with van der Waals surface area (Å²) >= 11 is 0. The second kappa shape index (κ2) is 3.87. The van der Waals surface area contributed by atoms with Gasteiger partial charge in [-0.25, -0.2) is 0 Å². The van der Waals surface area contributed by atoms with Crippen LogP contribution in [-0.2, 0) is 9.53 Å². The predicted octanol–water partition coefficient (Wildman–Crippen LogP) is -0.247.